The molecule has 0 spiro atoms. The van der Waals surface area contributed by atoms with E-state index in [1.807, 2.05) is 13.8 Å². The van der Waals surface area contributed by atoms with Gasteiger partial charge in [-0.3, -0.25) is 8.98 Å². The average Bonchev–Trinajstić information content (AvgIpc) is 3.10. The van der Waals surface area contributed by atoms with E-state index in [-0.39, 0.29) is 35.1 Å². The molecular formula is C23H36O6S. The number of carbonyl (C=O) groups excluding carboxylic acids is 1. The lowest BCUT2D eigenvalue weighted by Crippen LogP contribution is -2.63. The molecule has 0 aromatic heterocycles. The molecule has 4 saturated carbocycles. The molecule has 170 valence electrons. The molecule has 6 nitrogen and oxygen atoms in total. The maximum Gasteiger partial charge on any atom is 0.264 e. The van der Waals surface area contributed by atoms with Gasteiger partial charge in [0.25, 0.3) is 10.1 Å². The van der Waals surface area contributed by atoms with Gasteiger partial charge in [0.15, 0.2) is 5.79 Å². The van der Waals surface area contributed by atoms with Gasteiger partial charge in [-0.25, -0.2) is 0 Å². The van der Waals surface area contributed by atoms with Crippen LogP contribution < -0.4 is 0 Å². The van der Waals surface area contributed by atoms with Crippen molar-refractivity contribution in [3.8, 4) is 0 Å². The van der Waals surface area contributed by atoms with Crippen molar-refractivity contribution in [2.24, 2.45) is 34.5 Å². The molecule has 5 fully saturated rings. The molecule has 0 bridgehead atoms. The molecule has 0 aromatic rings. The van der Waals surface area contributed by atoms with E-state index in [4.69, 9.17) is 13.7 Å². The predicted molar refractivity (Wildman–Crippen MR) is 111 cm³/mol. The Morgan fingerprint density at radius 3 is 2.33 bits per heavy atom. The van der Waals surface area contributed by atoms with Crippen molar-refractivity contribution in [3.63, 3.8) is 0 Å². The molecule has 0 amide bonds. The van der Waals surface area contributed by atoms with Crippen molar-refractivity contribution in [2.45, 2.75) is 96.7 Å². The van der Waals surface area contributed by atoms with Crippen molar-refractivity contribution >= 4 is 15.9 Å². The minimum absolute atomic E-state index is 0.0319. The number of rotatable bonds is 2. The Bertz CT molecular complexity index is 852. The SMILES string of the molecule is CC1(C)O[C@@H]2C3C(CC[C@]4(C)C(=O)CCC34)[C@@]3(C)CC[C@H](OS(C)(=O)=O)CC3[C@H]2O1. The van der Waals surface area contributed by atoms with Gasteiger partial charge in [-0.05, 0) is 81.5 Å². The van der Waals surface area contributed by atoms with Crippen LogP contribution in [-0.2, 0) is 28.6 Å². The van der Waals surface area contributed by atoms with Gasteiger partial charge in [0, 0.05) is 11.8 Å². The number of ether oxygens (including phenoxy) is 2. The van der Waals surface area contributed by atoms with Gasteiger partial charge in [-0.15, -0.1) is 0 Å². The van der Waals surface area contributed by atoms with Gasteiger partial charge in [0.05, 0.1) is 24.6 Å². The highest BCUT2D eigenvalue weighted by Gasteiger charge is 2.68. The molecule has 5 aliphatic rings. The molecule has 0 radical (unpaired) electrons. The smallest absolute Gasteiger partial charge is 0.264 e. The van der Waals surface area contributed by atoms with E-state index < -0.39 is 15.9 Å². The van der Waals surface area contributed by atoms with Crippen LogP contribution in [0.25, 0.3) is 0 Å². The maximum absolute atomic E-state index is 12.8. The van der Waals surface area contributed by atoms with Crippen LogP contribution in [0.5, 0.6) is 0 Å². The summed E-state index contributed by atoms with van der Waals surface area (Å²) >= 11 is 0. The third-order valence-corrected chi connectivity index (χ3v) is 10.1. The summed E-state index contributed by atoms with van der Waals surface area (Å²) in [6.45, 7) is 8.53. The van der Waals surface area contributed by atoms with E-state index in [1.54, 1.807) is 0 Å². The summed E-state index contributed by atoms with van der Waals surface area (Å²) in [5.41, 5.74) is -0.165. The van der Waals surface area contributed by atoms with Crippen LogP contribution in [0.1, 0.15) is 72.6 Å². The largest absolute Gasteiger partial charge is 0.344 e. The van der Waals surface area contributed by atoms with E-state index >= 15 is 0 Å². The molecule has 0 N–H and O–H groups in total. The molecule has 9 atom stereocenters. The first-order valence-electron chi connectivity index (χ1n) is 11.6. The first-order chi connectivity index (χ1) is 13.8. The number of Topliss-reactive ketones (excluding diaryl/α,β-unsaturated/α-hetero) is 1. The molecule has 1 heterocycles. The minimum Gasteiger partial charge on any atom is -0.344 e. The first-order valence-corrected chi connectivity index (χ1v) is 13.4. The standard InChI is InChI=1S/C23H36O6S/c1-21(2)27-19-16-12-13(29-30(5,25)26)8-10-22(16,3)15-9-11-23(4)14(6-7-17(23)24)18(15)20(19)28-21/h13-16,18-20H,6-12H2,1-5H3/t13-,14?,15?,16?,18?,19+,20+,22+,23-/m0/s1. The quantitative estimate of drug-likeness (QED) is 0.610. The molecule has 1 aliphatic heterocycles. The zero-order chi connectivity index (χ0) is 21.7. The van der Waals surface area contributed by atoms with Crippen molar-refractivity contribution in [2.75, 3.05) is 6.26 Å². The van der Waals surface area contributed by atoms with Gasteiger partial charge in [0.1, 0.15) is 5.78 Å². The molecule has 7 heteroatoms. The summed E-state index contributed by atoms with van der Waals surface area (Å²) in [5, 5.41) is 0. The van der Waals surface area contributed by atoms with Gasteiger partial charge in [-0.2, -0.15) is 8.42 Å². The Balaban J connectivity index is 1.53. The van der Waals surface area contributed by atoms with Crippen LogP contribution in [0.4, 0.5) is 0 Å². The van der Waals surface area contributed by atoms with E-state index in [9.17, 15) is 13.2 Å². The van der Waals surface area contributed by atoms with E-state index in [2.05, 4.69) is 13.8 Å². The van der Waals surface area contributed by atoms with Crippen LogP contribution in [0, 0.1) is 34.5 Å². The lowest BCUT2D eigenvalue weighted by atomic mass is 9.44. The van der Waals surface area contributed by atoms with Gasteiger partial charge < -0.3 is 9.47 Å². The van der Waals surface area contributed by atoms with E-state index in [1.165, 1.54) is 0 Å². The Morgan fingerprint density at radius 1 is 0.933 bits per heavy atom. The molecule has 30 heavy (non-hydrogen) atoms. The summed E-state index contributed by atoms with van der Waals surface area (Å²) in [6, 6.07) is 0. The van der Waals surface area contributed by atoms with Crippen LogP contribution in [0.2, 0.25) is 0 Å². The van der Waals surface area contributed by atoms with Crippen molar-refractivity contribution in [1.82, 2.24) is 0 Å². The monoisotopic (exact) mass is 440 g/mol. The summed E-state index contributed by atoms with van der Waals surface area (Å²) in [6.07, 6.45) is 6.78. The predicted octanol–water partition coefficient (Wildman–Crippen LogP) is 3.68. The third kappa shape index (κ3) is 3.06. The van der Waals surface area contributed by atoms with Gasteiger partial charge >= 0.3 is 0 Å². The third-order valence-electron chi connectivity index (χ3n) is 9.51. The highest BCUT2D eigenvalue weighted by molar-refractivity contribution is 7.86. The Kier molecular flexibility index (Phi) is 4.64. The Labute approximate surface area is 180 Å². The van der Waals surface area contributed by atoms with Gasteiger partial charge in [-0.1, -0.05) is 13.8 Å². The average molecular weight is 441 g/mol. The molecule has 1 saturated heterocycles. The second-order valence-electron chi connectivity index (χ2n) is 11.6. The van der Waals surface area contributed by atoms with Crippen molar-refractivity contribution in [3.05, 3.63) is 0 Å². The number of fused-ring (bicyclic) bond motifs is 8. The normalized spacial score (nSPS) is 52.3. The zero-order valence-electron chi connectivity index (χ0n) is 18.8. The lowest BCUT2D eigenvalue weighted by molar-refractivity contribution is -0.184. The summed E-state index contributed by atoms with van der Waals surface area (Å²) < 4.78 is 42.1. The topological polar surface area (TPSA) is 78.9 Å². The summed E-state index contributed by atoms with van der Waals surface area (Å²) in [5.74, 6) is 1.13. The van der Waals surface area contributed by atoms with E-state index in [0.29, 0.717) is 36.4 Å². The van der Waals surface area contributed by atoms with Crippen LogP contribution in [-0.4, -0.2) is 44.6 Å². The summed E-state index contributed by atoms with van der Waals surface area (Å²) in [7, 11) is -3.49. The Morgan fingerprint density at radius 2 is 1.63 bits per heavy atom. The zero-order valence-corrected chi connectivity index (χ0v) is 19.7. The fourth-order valence-electron chi connectivity index (χ4n) is 8.25. The highest BCUT2D eigenvalue weighted by atomic mass is 32.2. The fourth-order valence-corrected chi connectivity index (χ4v) is 8.92. The first kappa shape index (κ1) is 21.4. The Hall–Kier alpha value is -0.500. The highest BCUT2D eigenvalue weighted by Crippen LogP contribution is 2.67. The molecular weight excluding hydrogens is 404 g/mol. The van der Waals surface area contributed by atoms with Crippen LogP contribution >= 0.6 is 0 Å². The van der Waals surface area contributed by atoms with Crippen molar-refractivity contribution in [1.29, 1.82) is 0 Å². The van der Waals surface area contributed by atoms with Crippen LogP contribution in [0.15, 0.2) is 0 Å². The van der Waals surface area contributed by atoms with E-state index in [0.717, 1.165) is 38.4 Å². The number of carbonyl (C=O) groups is 1. The summed E-state index contributed by atoms with van der Waals surface area (Å²) in [4.78, 5) is 12.8. The number of hydrogen-bond donors (Lipinski definition) is 0. The molecule has 4 aliphatic carbocycles. The second-order valence-corrected chi connectivity index (χ2v) is 13.2. The lowest BCUT2D eigenvalue weighted by Gasteiger charge is -2.62. The van der Waals surface area contributed by atoms with Crippen LogP contribution in [0.3, 0.4) is 0 Å². The minimum atomic E-state index is -3.49. The molecule has 5 rings (SSSR count). The molecule has 0 aromatic carbocycles. The fraction of sp³-hybridized carbons (Fsp3) is 0.957. The van der Waals surface area contributed by atoms with Gasteiger partial charge in [0.2, 0.25) is 0 Å². The van der Waals surface area contributed by atoms with Crippen molar-refractivity contribution < 1.29 is 26.9 Å². The maximum atomic E-state index is 12.8. The number of hydrogen-bond acceptors (Lipinski definition) is 6. The number of ketones is 1. The molecule has 4 unspecified atom stereocenters. The second kappa shape index (κ2) is 6.52.